The minimum absolute atomic E-state index is 0.158. The summed E-state index contributed by atoms with van der Waals surface area (Å²) in [7, 11) is -0.393. The lowest BCUT2D eigenvalue weighted by molar-refractivity contribution is -0.308. The van der Waals surface area contributed by atoms with Crippen LogP contribution < -0.4 is 5.73 Å². The Bertz CT molecular complexity index is 977. The van der Waals surface area contributed by atoms with Gasteiger partial charge in [0.05, 0.1) is 31.7 Å². The Morgan fingerprint density at radius 3 is 2.17 bits per heavy atom. The number of nitrogens with two attached hydrogens (primary N) is 1. The van der Waals surface area contributed by atoms with Crippen molar-refractivity contribution in [3.8, 4) is 0 Å². The number of ether oxygens (including phenoxy) is 4. The molecule has 0 aromatic heterocycles. The fraction of sp³-hybridized carbons (Fsp3) is 0.625. The maximum atomic E-state index is 12.8. The van der Waals surface area contributed by atoms with Crippen molar-refractivity contribution in [2.45, 2.75) is 74.5 Å². The molecule has 2 rings (SSSR count). The van der Waals surface area contributed by atoms with Crippen LogP contribution in [0.5, 0.6) is 0 Å². The second kappa shape index (κ2) is 14.9. The first-order valence-corrected chi connectivity index (χ1v) is 15.8. The van der Waals surface area contributed by atoms with Crippen LogP contribution >= 0.6 is 0 Å². The molecule has 0 amide bonds. The molecule has 1 aromatic carbocycles. The molecule has 0 spiro atoms. The number of aliphatic carboxylic acids is 1. The molecule has 6 atom stereocenters. The predicted molar refractivity (Wildman–Crippen MR) is 135 cm³/mol. The third-order valence-electron chi connectivity index (χ3n) is 5.72. The van der Waals surface area contributed by atoms with E-state index in [4.69, 9.17) is 34.6 Å². The fourth-order valence-corrected chi connectivity index (χ4v) is 4.16. The summed E-state index contributed by atoms with van der Waals surface area (Å²) in [5, 5.41) is 37.0. The minimum Gasteiger partial charge on any atom is -0.475 e. The van der Waals surface area contributed by atoms with Gasteiger partial charge in [-0.2, -0.15) is 13.2 Å². The van der Waals surface area contributed by atoms with E-state index in [1.807, 2.05) is 0 Å². The molecule has 6 N–H and O–H groups in total. The van der Waals surface area contributed by atoms with E-state index in [0.29, 0.717) is 6.04 Å². The van der Waals surface area contributed by atoms with Crippen LogP contribution in [-0.2, 0) is 28.5 Å². The molecular weight excluding hydrogens is 563 g/mol. The molecule has 0 radical (unpaired) electrons. The monoisotopic (exact) mass is 599 g/mol. The number of carbonyl (C=O) groups excluding carboxylic acids is 2. The molecule has 0 bridgehead atoms. The molecule has 1 aliphatic heterocycles. The summed E-state index contributed by atoms with van der Waals surface area (Å²) < 4.78 is 54.0. The Hall–Kier alpha value is -2.60. The van der Waals surface area contributed by atoms with E-state index in [9.17, 15) is 38.1 Å². The summed E-state index contributed by atoms with van der Waals surface area (Å²) in [6.45, 7) is 5.78. The first-order chi connectivity index (χ1) is 18.4. The predicted octanol–water partition coefficient (Wildman–Crippen LogP) is 0.900. The van der Waals surface area contributed by atoms with E-state index in [0.717, 1.165) is 7.11 Å². The number of halogens is 3. The number of alkyl halides is 3. The van der Waals surface area contributed by atoms with Crippen molar-refractivity contribution >= 4 is 26.0 Å². The number of carbonyl (C=O) groups is 3. The molecule has 0 aliphatic carbocycles. The second-order valence-electron chi connectivity index (χ2n) is 10.1. The molecule has 0 unspecified atom stereocenters. The molecule has 16 heteroatoms. The number of esters is 2. The smallest absolute Gasteiger partial charge is 0.475 e. The van der Waals surface area contributed by atoms with E-state index < -0.39 is 75.0 Å². The van der Waals surface area contributed by atoms with Crippen molar-refractivity contribution < 1.29 is 66.9 Å². The van der Waals surface area contributed by atoms with Crippen LogP contribution in [0.4, 0.5) is 13.2 Å². The number of hydrogen-bond acceptors (Lipinski definition) is 11. The molecule has 1 aliphatic rings. The third kappa shape index (κ3) is 10.4. The van der Waals surface area contributed by atoms with Gasteiger partial charge in [0.25, 0.3) is 5.79 Å². The minimum atomic E-state index is -5.08. The number of hydrogen-bond donors (Lipinski definition) is 5. The summed E-state index contributed by atoms with van der Waals surface area (Å²) in [6, 6.07) is 7.77. The van der Waals surface area contributed by atoms with Gasteiger partial charge in [-0.3, -0.25) is 0 Å². The second-order valence-corrected chi connectivity index (χ2v) is 15.7. The molecule has 0 saturated carbocycles. The highest BCUT2D eigenvalue weighted by atomic mass is 28.3. The zero-order chi connectivity index (χ0) is 30.9. The summed E-state index contributed by atoms with van der Waals surface area (Å²) in [5.41, 5.74) is 6.52. The van der Waals surface area contributed by atoms with Gasteiger partial charge in [0, 0.05) is 14.7 Å². The average molecular weight is 600 g/mol. The molecule has 1 aromatic rings. The van der Waals surface area contributed by atoms with Gasteiger partial charge >= 0.3 is 24.1 Å². The normalized spacial score (nSPS) is 24.6. The number of rotatable bonds is 10. The molecule has 40 heavy (non-hydrogen) atoms. The first kappa shape index (κ1) is 35.4. The Morgan fingerprint density at radius 2 is 1.73 bits per heavy atom. The topological polar surface area (TPSA) is 195 Å². The van der Waals surface area contributed by atoms with Gasteiger partial charge in [-0.15, -0.1) is 0 Å². The van der Waals surface area contributed by atoms with Gasteiger partial charge in [0.1, 0.15) is 24.4 Å². The van der Waals surface area contributed by atoms with Crippen LogP contribution in [0.15, 0.2) is 30.3 Å². The zero-order valence-electron chi connectivity index (χ0n) is 22.5. The zero-order valence-corrected chi connectivity index (χ0v) is 23.5. The van der Waals surface area contributed by atoms with Crippen LogP contribution in [0.25, 0.3) is 0 Å². The van der Waals surface area contributed by atoms with E-state index in [1.54, 1.807) is 30.3 Å². The van der Waals surface area contributed by atoms with Gasteiger partial charge in [0.2, 0.25) is 0 Å². The molecule has 228 valence electrons. The van der Waals surface area contributed by atoms with Crippen molar-refractivity contribution in [1.82, 2.24) is 0 Å². The highest BCUT2D eigenvalue weighted by Gasteiger charge is 2.56. The quantitative estimate of drug-likeness (QED) is 0.189. The highest BCUT2D eigenvalue weighted by molar-refractivity contribution is 6.76. The van der Waals surface area contributed by atoms with E-state index in [1.165, 1.54) is 0 Å². The first-order valence-electron chi connectivity index (χ1n) is 12.1. The van der Waals surface area contributed by atoms with Gasteiger partial charge in [-0.1, -0.05) is 37.8 Å². The Labute approximate surface area is 229 Å². The Balaban J connectivity index is 0.00000101. The van der Waals surface area contributed by atoms with Crippen LogP contribution in [-0.4, -0.2) is 109 Å². The lowest BCUT2D eigenvalue weighted by Gasteiger charge is -2.46. The van der Waals surface area contributed by atoms with Crippen LogP contribution in [0.3, 0.4) is 0 Å². The summed E-state index contributed by atoms with van der Waals surface area (Å²) in [5.74, 6) is -6.35. The summed E-state index contributed by atoms with van der Waals surface area (Å²) in [4.78, 5) is 34.4. The maximum Gasteiger partial charge on any atom is 0.490 e. The summed E-state index contributed by atoms with van der Waals surface area (Å²) in [6.07, 6.45) is -11.2. The number of aliphatic hydroxyl groups is 3. The number of carboxylic acids is 1. The maximum absolute atomic E-state index is 12.8. The van der Waals surface area contributed by atoms with Crippen molar-refractivity contribution in [3.63, 3.8) is 0 Å². The van der Waals surface area contributed by atoms with Crippen LogP contribution in [0, 0.1) is 0 Å². The molecule has 1 fully saturated rings. The average Bonchev–Trinajstić information content (AvgIpc) is 2.88. The van der Waals surface area contributed by atoms with Gasteiger partial charge in [-0.25, -0.2) is 14.4 Å². The number of carboxylic acid groups (broad SMARTS) is 1. The largest absolute Gasteiger partial charge is 0.490 e. The molecule has 1 heterocycles. The molecular formula is C24H36F3NO11Si. The number of methoxy groups -OCH3 is 1. The van der Waals surface area contributed by atoms with E-state index >= 15 is 0 Å². The van der Waals surface area contributed by atoms with E-state index in [2.05, 4.69) is 19.6 Å². The SMILES string of the molecule is COC(=O)[C@@]1(OCC[Si](C)(C)C)C[C@H](OC(=O)c2ccccc2)[C@@H](N)[C@H]([C@H](O)[C@H](O)CO)O1.O=C(O)C(F)(F)F. The Morgan fingerprint density at radius 1 is 1.18 bits per heavy atom. The van der Waals surface area contributed by atoms with Crippen molar-refractivity contribution in [1.29, 1.82) is 0 Å². The lowest BCUT2D eigenvalue weighted by Crippen LogP contribution is -2.67. The van der Waals surface area contributed by atoms with Crippen molar-refractivity contribution in [3.05, 3.63) is 35.9 Å². The van der Waals surface area contributed by atoms with Crippen LogP contribution in [0.2, 0.25) is 25.7 Å². The van der Waals surface area contributed by atoms with Gasteiger partial charge in [0.15, 0.2) is 0 Å². The summed E-state index contributed by atoms with van der Waals surface area (Å²) >= 11 is 0. The van der Waals surface area contributed by atoms with E-state index in [-0.39, 0.29) is 18.6 Å². The third-order valence-corrected chi connectivity index (χ3v) is 7.42. The van der Waals surface area contributed by atoms with Gasteiger partial charge in [-0.05, 0) is 18.2 Å². The van der Waals surface area contributed by atoms with Gasteiger partial charge < -0.3 is 45.1 Å². The Kier molecular flexibility index (Phi) is 13.2. The standard InChI is InChI=1S/C22H35NO9Si.C2HF3O2/c1-29-21(28)22(30-10-11-33(2,3)4)12-16(31-20(27)14-8-6-5-7-9-14)17(23)19(32-22)18(26)15(25)13-24;3-2(4,5)1(6)7/h5-9,15-19,24-26H,10-13,23H2,1-4H3;(H,6,7)/t15-,16+,17-,18-,19-,22-;/m1./s1. The number of aliphatic hydroxyl groups excluding tert-OH is 3. The van der Waals surface area contributed by atoms with Crippen molar-refractivity contribution in [2.24, 2.45) is 5.73 Å². The highest BCUT2D eigenvalue weighted by Crippen LogP contribution is 2.35. The van der Waals surface area contributed by atoms with Crippen molar-refractivity contribution in [2.75, 3.05) is 20.3 Å². The molecule has 12 nitrogen and oxygen atoms in total. The lowest BCUT2D eigenvalue weighted by atomic mass is 9.89. The van der Waals surface area contributed by atoms with Crippen LogP contribution in [0.1, 0.15) is 16.8 Å². The molecule has 1 saturated heterocycles. The number of benzene rings is 1. The fourth-order valence-electron chi connectivity index (χ4n) is 3.44.